The highest BCUT2D eigenvalue weighted by Gasteiger charge is 2.33. The molecule has 13 N–H and O–H groups in total. The Bertz CT molecular complexity index is 2590. The van der Waals surface area contributed by atoms with Crippen molar-refractivity contribution in [1.29, 1.82) is 0 Å². The number of nitrogens with one attached hydrogen (secondary N) is 8. The van der Waals surface area contributed by atoms with E-state index in [4.69, 9.17) is 5.11 Å². The molecule has 0 spiro atoms. The molecule has 7 amide bonds. The van der Waals surface area contributed by atoms with Crippen molar-refractivity contribution < 1.29 is 78.3 Å². The van der Waals surface area contributed by atoms with Gasteiger partial charge >= 0.3 is 35.9 Å². The van der Waals surface area contributed by atoms with E-state index in [9.17, 15) is 73.2 Å². The minimum absolute atomic E-state index is 0.0163. The summed E-state index contributed by atoms with van der Waals surface area (Å²) in [5.74, 6) is -10.8. The summed E-state index contributed by atoms with van der Waals surface area (Å²) in [5, 5.41) is 69.8. The monoisotopic (exact) mass is 1170 g/mol. The summed E-state index contributed by atoms with van der Waals surface area (Å²) >= 11 is 1.88. The van der Waals surface area contributed by atoms with Gasteiger partial charge in [0.15, 0.2) is 0 Å². The van der Waals surface area contributed by atoms with Gasteiger partial charge in [0.05, 0.1) is 16.2 Å². The van der Waals surface area contributed by atoms with E-state index in [-0.39, 0.29) is 62.6 Å². The number of carbonyl (C=O) groups is 11. The van der Waals surface area contributed by atoms with Gasteiger partial charge in [-0.1, -0.05) is 42.5 Å². The Kier molecular flexibility index (Phi) is 24.7. The predicted octanol–water partition coefficient (Wildman–Crippen LogP) is 1.95. The summed E-state index contributed by atoms with van der Waals surface area (Å²) in [4.78, 5) is 141. The first-order valence-corrected chi connectivity index (χ1v) is 25.4. The number of nitrogens with zero attached hydrogens (tertiary/aromatic N) is 2. The van der Waals surface area contributed by atoms with Crippen molar-refractivity contribution in [1.82, 2.24) is 42.2 Å². The predicted molar refractivity (Wildman–Crippen MR) is 279 cm³/mol. The van der Waals surface area contributed by atoms with Crippen LogP contribution in [0.4, 0.5) is 10.6 Å². The molecule has 1 saturated carbocycles. The third-order valence-electron chi connectivity index (χ3n) is 12.3. The number of anilines is 1. The Morgan fingerprint density at radius 2 is 1.26 bits per heavy atom. The average Bonchev–Trinajstić information content (AvgIpc) is 3.38. The molecule has 26 nitrogen and oxygen atoms in total. The van der Waals surface area contributed by atoms with Crippen LogP contribution in [0.3, 0.4) is 0 Å². The van der Waals surface area contributed by atoms with Crippen molar-refractivity contribution >= 4 is 109 Å². The van der Waals surface area contributed by atoms with Crippen LogP contribution < -0.4 is 42.6 Å². The SMILES string of the molecule is O=C(O)CCC(NC(=O)NC(CCCCNC(=O)C(Cc1ccc2ccccc2c1)NC(=O)C1CCC(CNC(=O)C(CC(=O)O)NC(=O)C(CCC(=O)O)NC(=O)c2ccc(N/N=C/I)nc2)CC1)C(=O)O)C(=O)O. The number of pyridine rings is 1. The summed E-state index contributed by atoms with van der Waals surface area (Å²) in [6.45, 7) is 0.122. The molecule has 1 aliphatic carbocycles. The van der Waals surface area contributed by atoms with Crippen molar-refractivity contribution in [3.63, 3.8) is 0 Å². The smallest absolute Gasteiger partial charge is 0.326 e. The molecule has 410 valence electrons. The van der Waals surface area contributed by atoms with Crippen LogP contribution in [0.2, 0.25) is 0 Å². The van der Waals surface area contributed by atoms with Crippen LogP contribution in [-0.4, -0.2) is 143 Å². The number of rotatable bonds is 31. The molecular weight excluding hydrogens is 1110 g/mol. The minimum Gasteiger partial charge on any atom is -0.481 e. The number of aromatic nitrogens is 1. The van der Waals surface area contributed by atoms with Crippen molar-refractivity contribution in [3.05, 3.63) is 71.9 Å². The highest BCUT2D eigenvalue weighted by Crippen LogP contribution is 2.29. The van der Waals surface area contributed by atoms with Crippen molar-refractivity contribution in [3.8, 4) is 0 Å². The summed E-state index contributed by atoms with van der Waals surface area (Å²) in [5.41, 5.74) is 3.40. The Morgan fingerprint density at radius 1 is 0.632 bits per heavy atom. The van der Waals surface area contributed by atoms with E-state index in [0.717, 1.165) is 16.3 Å². The van der Waals surface area contributed by atoms with Crippen LogP contribution in [0, 0.1) is 11.8 Å². The molecule has 5 unspecified atom stereocenters. The maximum absolute atomic E-state index is 13.8. The Labute approximate surface area is 448 Å². The first kappa shape index (κ1) is 60.6. The fraction of sp³-hybridized carbons (Fsp3) is 0.449. The molecule has 1 fully saturated rings. The number of amides is 7. The third kappa shape index (κ3) is 21.1. The first-order valence-electron chi connectivity index (χ1n) is 24.2. The van der Waals surface area contributed by atoms with E-state index < -0.39 is 121 Å². The topological polar surface area (TPSA) is 410 Å². The van der Waals surface area contributed by atoms with Gasteiger partial charge in [0, 0.05) is 44.5 Å². The van der Waals surface area contributed by atoms with Crippen LogP contribution in [-0.2, 0) is 49.6 Å². The molecule has 0 saturated heterocycles. The molecule has 76 heavy (non-hydrogen) atoms. The van der Waals surface area contributed by atoms with Crippen molar-refractivity contribution in [2.24, 2.45) is 16.9 Å². The van der Waals surface area contributed by atoms with Crippen LogP contribution in [0.5, 0.6) is 0 Å². The molecule has 3 aromatic rings. The number of unbranched alkanes of at least 4 members (excludes halogenated alkanes) is 1. The van der Waals surface area contributed by atoms with E-state index in [1.165, 1.54) is 22.6 Å². The van der Waals surface area contributed by atoms with Crippen LogP contribution in [0.15, 0.2) is 65.9 Å². The lowest BCUT2D eigenvalue weighted by Crippen LogP contribution is -2.54. The number of halogens is 1. The summed E-state index contributed by atoms with van der Waals surface area (Å²) in [7, 11) is 0. The van der Waals surface area contributed by atoms with E-state index in [2.05, 4.69) is 52.7 Å². The number of carboxylic acid groups (broad SMARTS) is 5. The molecule has 2 aromatic carbocycles. The number of hydrogen-bond acceptors (Lipinski definition) is 14. The second-order valence-corrected chi connectivity index (χ2v) is 18.5. The standard InChI is InChI=1S/C49H61IN10O16/c50-26-54-60-38-17-14-32(25-52-38)43(68)55-33(15-18-39(61)62)46(71)57-37(23-41(65)66)45(70)53-24-27-8-12-30(13-9-27)42(67)56-36(22-28-10-11-29-5-1-2-6-31(29)21-28)44(69)51-20-4-3-7-34(47(72)73)58-49(76)59-35(48(74)75)16-19-40(63)64/h1-2,5-6,10-11,14,17,21,25-27,30,33-37H,3-4,7-9,12-13,15-16,18-20,22-24H2,(H,51,69)(H,52,60)(H,53,70)(H,55,68)(H,56,67)(H,57,71)(H,61,62)(H,63,64)(H,65,66)(H,72,73)(H,74,75)(H2,58,59,76)/b54-26+. The third-order valence-corrected chi connectivity index (χ3v) is 12.6. The van der Waals surface area contributed by atoms with Crippen molar-refractivity contribution in [2.75, 3.05) is 18.5 Å². The van der Waals surface area contributed by atoms with Crippen LogP contribution in [0.1, 0.15) is 93.0 Å². The molecule has 0 bridgehead atoms. The summed E-state index contributed by atoms with van der Waals surface area (Å²) in [6, 6.07) is 7.83. The summed E-state index contributed by atoms with van der Waals surface area (Å²) in [6.07, 6.45) is 0.556. The molecule has 1 aromatic heterocycles. The highest BCUT2D eigenvalue weighted by atomic mass is 127. The number of urea groups is 1. The van der Waals surface area contributed by atoms with Crippen LogP contribution in [0.25, 0.3) is 10.8 Å². The van der Waals surface area contributed by atoms with Gasteiger partial charge in [-0.2, -0.15) is 5.10 Å². The minimum atomic E-state index is -1.61. The highest BCUT2D eigenvalue weighted by molar-refractivity contribution is 14.1. The van der Waals surface area contributed by atoms with Gasteiger partial charge in [-0.15, -0.1) is 0 Å². The van der Waals surface area contributed by atoms with E-state index >= 15 is 0 Å². The number of benzene rings is 2. The molecular formula is C49H61IN10O16. The average molecular weight is 1170 g/mol. The fourth-order valence-corrected chi connectivity index (χ4v) is 8.30. The van der Waals surface area contributed by atoms with Gasteiger partial charge in [0.25, 0.3) is 5.91 Å². The molecule has 0 radical (unpaired) electrons. The zero-order chi connectivity index (χ0) is 55.7. The van der Waals surface area contributed by atoms with E-state index in [1.54, 1.807) is 0 Å². The van der Waals surface area contributed by atoms with Gasteiger partial charge in [0.2, 0.25) is 23.6 Å². The molecule has 1 aliphatic rings. The molecule has 1 heterocycles. The van der Waals surface area contributed by atoms with E-state index in [1.807, 2.05) is 65.1 Å². The Morgan fingerprint density at radius 3 is 1.87 bits per heavy atom. The lowest BCUT2D eigenvalue weighted by Gasteiger charge is -2.30. The number of hydrogen-bond donors (Lipinski definition) is 13. The van der Waals surface area contributed by atoms with Gasteiger partial charge in [-0.05, 0) is 115 Å². The number of hydrazone groups is 1. The van der Waals surface area contributed by atoms with E-state index in [0.29, 0.717) is 31.5 Å². The lowest BCUT2D eigenvalue weighted by molar-refractivity contribution is -0.142. The quantitative estimate of drug-likeness (QED) is 0.0189. The van der Waals surface area contributed by atoms with Gasteiger partial charge < -0.3 is 62.8 Å². The zero-order valence-electron chi connectivity index (χ0n) is 41.0. The second kappa shape index (κ2) is 31.0. The second-order valence-electron chi connectivity index (χ2n) is 17.9. The Hall–Kier alpha value is -7.98. The maximum Gasteiger partial charge on any atom is 0.326 e. The fourth-order valence-electron chi connectivity index (χ4n) is 8.17. The van der Waals surface area contributed by atoms with Gasteiger partial charge in [0.1, 0.15) is 36.0 Å². The first-order chi connectivity index (χ1) is 36.2. The normalized spacial score (nSPS) is 16.1. The summed E-state index contributed by atoms with van der Waals surface area (Å²) < 4.78 is 1.45. The zero-order valence-corrected chi connectivity index (χ0v) is 43.2. The Balaban J connectivity index is 1.32. The number of carboxylic acids is 5. The largest absolute Gasteiger partial charge is 0.481 e. The van der Waals surface area contributed by atoms with Crippen LogP contribution >= 0.6 is 22.6 Å². The molecule has 0 aliphatic heterocycles. The molecule has 4 rings (SSSR count). The van der Waals surface area contributed by atoms with Gasteiger partial charge in [-0.25, -0.2) is 19.4 Å². The molecule has 5 atom stereocenters. The molecule has 27 heteroatoms. The lowest BCUT2D eigenvalue weighted by atomic mass is 9.81. The van der Waals surface area contributed by atoms with Crippen molar-refractivity contribution in [2.45, 2.75) is 114 Å². The number of fused-ring (bicyclic) bond motifs is 1. The number of carbonyl (C=O) groups excluding carboxylic acids is 6. The maximum atomic E-state index is 13.8. The van der Waals surface area contributed by atoms with Gasteiger partial charge in [-0.3, -0.25) is 43.8 Å². The number of aliphatic carboxylic acids is 5.